The molecule has 3 rings (SSSR count). The van der Waals surface area contributed by atoms with Crippen LogP contribution >= 0.6 is 0 Å². The number of aliphatic hydroxyl groups is 1. The molecule has 0 atom stereocenters. The Bertz CT molecular complexity index is 818. The normalized spacial score (nSPS) is 11.3. The monoisotopic (exact) mass is 346 g/mol. The standard InChI is InChI=1S/C23H26N2O/c1-24(2)20-15-16-22(25(3)4)21(17-20)23(26,18-11-7-5-8-12-18)19-13-9-6-10-14-19/h5-17,26H,1-4H3. The first-order chi connectivity index (χ1) is 12.4. The van der Waals surface area contributed by atoms with Gasteiger partial charge in [0.2, 0.25) is 0 Å². The molecule has 0 aliphatic heterocycles. The van der Waals surface area contributed by atoms with Crippen molar-refractivity contribution in [2.75, 3.05) is 38.0 Å². The highest BCUT2D eigenvalue weighted by Gasteiger charge is 2.36. The summed E-state index contributed by atoms with van der Waals surface area (Å²) < 4.78 is 0. The summed E-state index contributed by atoms with van der Waals surface area (Å²) in [5.74, 6) is 0. The second kappa shape index (κ2) is 7.22. The Morgan fingerprint density at radius 1 is 0.654 bits per heavy atom. The van der Waals surface area contributed by atoms with E-state index in [0.29, 0.717) is 0 Å². The lowest BCUT2D eigenvalue weighted by Crippen LogP contribution is -2.31. The highest BCUT2D eigenvalue weighted by molar-refractivity contribution is 5.67. The van der Waals surface area contributed by atoms with Gasteiger partial charge >= 0.3 is 0 Å². The Morgan fingerprint density at radius 3 is 1.58 bits per heavy atom. The second-order valence-electron chi connectivity index (χ2n) is 6.93. The lowest BCUT2D eigenvalue weighted by molar-refractivity contribution is 0.126. The van der Waals surface area contributed by atoms with Crippen molar-refractivity contribution in [1.29, 1.82) is 0 Å². The van der Waals surface area contributed by atoms with Crippen LogP contribution in [0.5, 0.6) is 0 Å². The van der Waals surface area contributed by atoms with E-state index in [0.717, 1.165) is 28.1 Å². The van der Waals surface area contributed by atoms with Crippen molar-refractivity contribution in [2.45, 2.75) is 5.60 Å². The number of hydrogen-bond acceptors (Lipinski definition) is 3. The van der Waals surface area contributed by atoms with Crippen LogP contribution in [-0.2, 0) is 5.60 Å². The van der Waals surface area contributed by atoms with E-state index >= 15 is 0 Å². The average Bonchev–Trinajstić information content (AvgIpc) is 2.68. The fourth-order valence-electron chi connectivity index (χ4n) is 3.32. The molecule has 0 radical (unpaired) electrons. The Labute approximate surface area is 156 Å². The number of rotatable bonds is 5. The second-order valence-corrected chi connectivity index (χ2v) is 6.93. The summed E-state index contributed by atoms with van der Waals surface area (Å²) in [5, 5.41) is 12.1. The van der Waals surface area contributed by atoms with Crippen LogP contribution in [0.2, 0.25) is 0 Å². The lowest BCUT2D eigenvalue weighted by atomic mass is 9.79. The van der Waals surface area contributed by atoms with E-state index in [1.54, 1.807) is 0 Å². The van der Waals surface area contributed by atoms with E-state index in [2.05, 4.69) is 23.1 Å². The fourth-order valence-corrected chi connectivity index (χ4v) is 3.32. The number of anilines is 2. The first-order valence-corrected chi connectivity index (χ1v) is 8.77. The molecule has 0 aromatic heterocycles. The van der Waals surface area contributed by atoms with Gasteiger partial charge in [0.1, 0.15) is 5.60 Å². The van der Waals surface area contributed by atoms with Crippen molar-refractivity contribution in [3.63, 3.8) is 0 Å². The minimum absolute atomic E-state index is 0.852. The number of benzene rings is 3. The molecule has 0 aliphatic carbocycles. The van der Waals surface area contributed by atoms with E-state index in [-0.39, 0.29) is 0 Å². The maximum absolute atomic E-state index is 12.1. The van der Waals surface area contributed by atoms with Gasteiger partial charge in [-0.05, 0) is 29.3 Å². The topological polar surface area (TPSA) is 26.7 Å². The van der Waals surface area contributed by atoms with Crippen molar-refractivity contribution >= 4 is 11.4 Å². The molecular weight excluding hydrogens is 320 g/mol. The summed E-state index contributed by atoms with van der Waals surface area (Å²) in [6.45, 7) is 0. The molecule has 0 aliphatic rings. The minimum Gasteiger partial charge on any atom is -0.378 e. The van der Waals surface area contributed by atoms with Gasteiger partial charge in [-0.3, -0.25) is 0 Å². The van der Waals surface area contributed by atoms with Crippen LogP contribution in [0.25, 0.3) is 0 Å². The minimum atomic E-state index is -1.24. The molecule has 3 nitrogen and oxygen atoms in total. The summed E-state index contributed by atoms with van der Waals surface area (Å²) in [6, 6.07) is 26.0. The third-order valence-electron chi connectivity index (χ3n) is 4.75. The third-order valence-corrected chi connectivity index (χ3v) is 4.75. The zero-order chi connectivity index (χ0) is 18.7. The molecule has 3 aromatic carbocycles. The van der Waals surface area contributed by atoms with Gasteiger partial charge < -0.3 is 14.9 Å². The summed E-state index contributed by atoms with van der Waals surface area (Å²) in [6.07, 6.45) is 0. The quantitative estimate of drug-likeness (QED) is 0.705. The van der Waals surface area contributed by atoms with E-state index in [1.807, 2.05) is 93.8 Å². The molecule has 26 heavy (non-hydrogen) atoms. The molecule has 0 spiro atoms. The predicted molar refractivity (Wildman–Crippen MR) is 110 cm³/mol. The first-order valence-electron chi connectivity index (χ1n) is 8.77. The lowest BCUT2D eigenvalue weighted by Gasteiger charge is -2.34. The first kappa shape index (κ1) is 18.0. The Kier molecular flexibility index (Phi) is 5.01. The molecule has 134 valence electrons. The van der Waals surface area contributed by atoms with Crippen molar-refractivity contribution in [3.05, 3.63) is 95.6 Å². The van der Waals surface area contributed by atoms with E-state index in [4.69, 9.17) is 0 Å². The van der Waals surface area contributed by atoms with Crippen molar-refractivity contribution in [1.82, 2.24) is 0 Å². The summed E-state index contributed by atoms with van der Waals surface area (Å²) in [7, 11) is 8.03. The molecule has 0 bridgehead atoms. The molecule has 0 unspecified atom stereocenters. The summed E-state index contributed by atoms with van der Waals surface area (Å²) >= 11 is 0. The van der Waals surface area contributed by atoms with Gasteiger partial charge in [-0.1, -0.05) is 60.7 Å². The van der Waals surface area contributed by atoms with Crippen LogP contribution in [0.4, 0.5) is 11.4 Å². The van der Waals surface area contributed by atoms with E-state index < -0.39 is 5.60 Å². The molecule has 3 aromatic rings. The SMILES string of the molecule is CN(C)c1ccc(N(C)C)c(C(O)(c2ccccc2)c2ccccc2)c1. The molecule has 3 heteroatoms. The third kappa shape index (κ3) is 3.18. The zero-order valence-corrected chi connectivity index (χ0v) is 15.8. The van der Waals surface area contributed by atoms with Gasteiger partial charge in [0, 0.05) is 45.1 Å². The molecule has 0 fully saturated rings. The molecule has 0 amide bonds. The smallest absolute Gasteiger partial charge is 0.142 e. The van der Waals surface area contributed by atoms with E-state index in [1.165, 1.54) is 0 Å². The molecule has 1 N–H and O–H groups in total. The largest absolute Gasteiger partial charge is 0.378 e. The van der Waals surface area contributed by atoms with Crippen molar-refractivity contribution < 1.29 is 5.11 Å². The summed E-state index contributed by atoms with van der Waals surface area (Å²) in [4.78, 5) is 4.10. The van der Waals surface area contributed by atoms with Gasteiger partial charge in [-0.2, -0.15) is 0 Å². The Hall–Kier alpha value is -2.78. The highest BCUT2D eigenvalue weighted by atomic mass is 16.3. The maximum atomic E-state index is 12.1. The summed E-state index contributed by atoms with van der Waals surface area (Å²) in [5.41, 5.74) is 3.37. The van der Waals surface area contributed by atoms with Gasteiger partial charge in [0.15, 0.2) is 0 Å². The van der Waals surface area contributed by atoms with Gasteiger partial charge in [0.25, 0.3) is 0 Å². The highest BCUT2D eigenvalue weighted by Crippen LogP contribution is 2.42. The van der Waals surface area contributed by atoms with Gasteiger partial charge in [0.05, 0.1) is 0 Å². The number of nitrogens with zero attached hydrogens (tertiary/aromatic N) is 2. The van der Waals surface area contributed by atoms with E-state index in [9.17, 15) is 5.11 Å². The van der Waals surface area contributed by atoms with Crippen LogP contribution in [0.15, 0.2) is 78.9 Å². The van der Waals surface area contributed by atoms with Gasteiger partial charge in [-0.15, -0.1) is 0 Å². The van der Waals surface area contributed by atoms with Gasteiger partial charge in [-0.25, -0.2) is 0 Å². The van der Waals surface area contributed by atoms with Crippen LogP contribution in [-0.4, -0.2) is 33.3 Å². The molecule has 0 saturated carbocycles. The van der Waals surface area contributed by atoms with Crippen LogP contribution in [0.3, 0.4) is 0 Å². The molecular formula is C23H26N2O. The predicted octanol–water partition coefficient (Wildman–Crippen LogP) is 4.10. The maximum Gasteiger partial charge on any atom is 0.142 e. The van der Waals surface area contributed by atoms with Crippen LogP contribution in [0.1, 0.15) is 16.7 Å². The Balaban J connectivity index is 2.35. The van der Waals surface area contributed by atoms with Crippen molar-refractivity contribution in [2.24, 2.45) is 0 Å². The fraction of sp³-hybridized carbons (Fsp3) is 0.217. The van der Waals surface area contributed by atoms with Crippen LogP contribution < -0.4 is 9.80 Å². The van der Waals surface area contributed by atoms with Crippen molar-refractivity contribution in [3.8, 4) is 0 Å². The zero-order valence-electron chi connectivity index (χ0n) is 15.8. The average molecular weight is 346 g/mol. The Morgan fingerprint density at radius 2 is 1.15 bits per heavy atom. The molecule has 0 saturated heterocycles. The number of hydrogen-bond donors (Lipinski definition) is 1. The van der Waals surface area contributed by atoms with Crippen LogP contribution in [0, 0.1) is 0 Å². The molecule has 0 heterocycles.